The van der Waals surface area contributed by atoms with Crippen molar-refractivity contribution in [2.45, 2.75) is 12.8 Å². The molecular weight excluding hydrogens is 570 g/mol. The summed E-state index contributed by atoms with van der Waals surface area (Å²) >= 11 is 6.35. The van der Waals surface area contributed by atoms with Crippen molar-refractivity contribution in [3.63, 3.8) is 0 Å². The maximum Gasteiger partial charge on any atom is 0.319 e. The molecule has 206 valence electrons. The van der Waals surface area contributed by atoms with Crippen LogP contribution in [-0.4, -0.2) is 60.2 Å². The van der Waals surface area contributed by atoms with Gasteiger partial charge in [-0.05, 0) is 54.3 Å². The predicted molar refractivity (Wildman–Crippen MR) is 162 cm³/mol. The van der Waals surface area contributed by atoms with Gasteiger partial charge in [0.25, 0.3) is 0 Å². The first kappa shape index (κ1) is 31.7. The summed E-state index contributed by atoms with van der Waals surface area (Å²) < 4.78 is 0. The van der Waals surface area contributed by atoms with Crippen LogP contribution in [0.2, 0.25) is 5.02 Å². The SMILES string of the molecule is Cl.Cl.Cl.O=C(NCCN1CCNCC1)Nc1ccc2cc1CCc1cccc(c1)Nc1ncc(Cl)c(n1)N2. The Morgan fingerprint density at radius 1 is 1.00 bits per heavy atom. The first-order valence-electron chi connectivity index (χ1n) is 11.9. The van der Waals surface area contributed by atoms with E-state index < -0.39 is 0 Å². The van der Waals surface area contributed by atoms with E-state index in [0.29, 0.717) is 23.3 Å². The van der Waals surface area contributed by atoms with Crippen LogP contribution in [0, 0.1) is 0 Å². The van der Waals surface area contributed by atoms with Crippen LogP contribution in [0.3, 0.4) is 0 Å². The minimum Gasteiger partial charge on any atom is -0.339 e. The molecule has 5 rings (SSSR count). The molecule has 0 radical (unpaired) electrons. The number of anilines is 5. The van der Waals surface area contributed by atoms with Crippen LogP contribution in [0.4, 0.5) is 33.6 Å². The number of piperazine rings is 1. The molecule has 6 bridgehead atoms. The minimum absolute atomic E-state index is 0. The zero-order valence-electron chi connectivity index (χ0n) is 20.6. The van der Waals surface area contributed by atoms with Crippen LogP contribution in [0.15, 0.2) is 48.7 Å². The standard InChI is InChI=1S/C25H29ClN8O.3ClH/c26-21-16-29-24-31-19-3-1-2-17(14-19)4-5-18-15-20(30-23(21)33-24)6-7-22(18)32-25(35)28-10-13-34-11-8-27-9-12-34;;;/h1-3,6-7,14-16,27H,4-5,8-13H2,(H2,28,32,35)(H2,29,30,31,33);3*1H. The minimum atomic E-state index is -0.199. The highest BCUT2D eigenvalue weighted by Gasteiger charge is 2.13. The Bertz CT molecular complexity index is 1210. The molecule has 0 aliphatic carbocycles. The average Bonchev–Trinajstić information content (AvgIpc) is 2.87. The van der Waals surface area contributed by atoms with Crippen molar-refractivity contribution in [2.24, 2.45) is 0 Å². The number of hydrogen-bond acceptors (Lipinski definition) is 7. The zero-order chi connectivity index (χ0) is 24.0. The molecule has 2 aliphatic rings. The van der Waals surface area contributed by atoms with Crippen molar-refractivity contribution in [1.82, 2.24) is 25.5 Å². The summed E-state index contributed by atoms with van der Waals surface area (Å²) in [4.78, 5) is 23.8. The van der Waals surface area contributed by atoms with Crippen LogP contribution >= 0.6 is 48.8 Å². The van der Waals surface area contributed by atoms with Crippen LogP contribution < -0.4 is 26.6 Å². The smallest absolute Gasteiger partial charge is 0.319 e. The van der Waals surface area contributed by atoms with Gasteiger partial charge in [-0.3, -0.25) is 4.90 Å². The van der Waals surface area contributed by atoms with Gasteiger partial charge in [0.05, 0.1) is 6.20 Å². The highest BCUT2D eigenvalue weighted by Crippen LogP contribution is 2.29. The molecule has 3 aromatic rings. The third-order valence-corrected chi connectivity index (χ3v) is 6.43. The lowest BCUT2D eigenvalue weighted by Crippen LogP contribution is -2.46. The number of nitrogens with one attached hydrogen (secondary N) is 5. The van der Waals surface area contributed by atoms with E-state index in [4.69, 9.17) is 11.6 Å². The van der Waals surface area contributed by atoms with Gasteiger partial charge >= 0.3 is 6.03 Å². The summed E-state index contributed by atoms with van der Waals surface area (Å²) in [6.45, 7) is 5.46. The van der Waals surface area contributed by atoms with Crippen LogP contribution in [0.25, 0.3) is 0 Å². The number of hydrogen-bond donors (Lipinski definition) is 5. The second-order valence-electron chi connectivity index (χ2n) is 8.68. The first-order valence-corrected chi connectivity index (χ1v) is 12.3. The molecule has 38 heavy (non-hydrogen) atoms. The Balaban J connectivity index is 0.00000169. The molecule has 0 unspecified atom stereocenters. The number of carbonyl (C=O) groups excluding carboxylic acids is 1. The molecule has 1 fully saturated rings. The highest BCUT2D eigenvalue weighted by molar-refractivity contribution is 6.32. The van der Waals surface area contributed by atoms with Crippen LogP contribution in [-0.2, 0) is 12.8 Å². The monoisotopic (exact) mass is 600 g/mol. The van der Waals surface area contributed by atoms with Crippen molar-refractivity contribution >= 4 is 83.7 Å². The highest BCUT2D eigenvalue weighted by atomic mass is 35.5. The lowest BCUT2D eigenvalue weighted by molar-refractivity contribution is 0.233. The average molecular weight is 602 g/mol. The summed E-state index contributed by atoms with van der Waals surface area (Å²) in [5.41, 5.74) is 4.73. The molecule has 0 saturated carbocycles. The fraction of sp³-hybridized carbons (Fsp3) is 0.320. The van der Waals surface area contributed by atoms with Gasteiger partial charge in [0.15, 0.2) is 5.82 Å². The largest absolute Gasteiger partial charge is 0.339 e. The Kier molecular flexibility index (Phi) is 12.6. The number of benzene rings is 2. The van der Waals surface area contributed by atoms with Crippen LogP contribution in [0.1, 0.15) is 11.1 Å². The van der Waals surface area contributed by atoms with E-state index in [9.17, 15) is 4.79 Å². The fourth-order valence-corrected chi connectivity index (χ4v) is 4.43. The number of aromatic nitrogens is 2. The number of carbonyl (C=O) groups is 1. The number of nitrogens with zero attached hydrogens (tertiary/aromatic N) is 3. The molecule has 13 heteroatoms. The van der Waals surface area contributed by atoms with E-state index in [2.05, 4.69) is 53.6 Å². The zero-order valence-corrected chi connectivity index (χ0v) is 23.8. The molecule has 1 aromatic heterocycles. The van der Waals surface area contributed by atoms with Crippen LogP contribution in [0.5, 0.6) is 0 Å². The fourth-order valence-electron chi connectivity index (χ4n) is 4.29. The molecule has 2 aliphatic heterocycles. The third kappa shape index (κ3) is 8.49. The molecular formula is C25H32Cl4N8O. The van der Waals surface area contributed by atoms with E-state index in [0.717, 1.165) is 68.2 Å². The van der Waals surface area contributed by atoms with Crippen molar-refractivity contribution in [3.8, 4) is 0 Å². The van der Waals surface area contributed by atoms with Crippen molar-refractivity contribution in [2.75, 3.05) is 55.2 Å². The second-order valence-corrected chi connectivity index (χ2v) is 9.09. The molecule has 5 N–H and O–H groups in total. The molecule has 2 amide bonds. The number of amides is 2. The summed E-state index contributed by atoms with van der Waals surface area (Å²) in [5, 5.41) is 16.3. The number of aryl methyl sites for hydroxylation is 2. The van der Waals surface area contributed by atoms with Gasteiger partial charge in [0.2, 0.25) is 5.95 Å². The lowest BCUT2D eigenvalue weighted by Gasteiger charge is -2.27. The lowest BCUT2D eigenvalue weighted by atomic mass is 10.0. The van der Waals surface area contributed by atoms with Gasteiger partial charge in [0.1, 0.15) is 5.02 Å². The molecule has 0 atom stereocenters. The van der Waals surface area contributed by atoms with E-state index in [1.165, 1.54) is 5.56 Å². The Morgan fingerprint density at radius 2 is 1.79 bits per heavy atom. The van der Waals surface area contributed by atoms with Gasteiger partial charge < -0.3 is 26.6 Å². The summed E-state index contributed by atoms with van der Waals surface area (Å²) in [7, 11) is 0. The topological polar surface area (TPSA) is 106 Å². The van der Waals surface area contributed by atoms with Gasteiger partial charge in [-0.1, -0.05) is 23.7 Å². The Hall–Kier alpha value is -2.53. The maximum absolute atomic E-state index is 12.6. The number of urea groups is 1. The normalized spacial score (nSPS) is 14.2. The molecule has 1 saturated heterocycles. The number of fused-ring (bicyclic) bond motifs is 6. The molecule has 3 heterocycles. The summed E-state index contributed by atoms with van der Waals surface area (Å²) in [5.74, 6) is 0.973. The number of rotatable bonds is 4. The third-order valence-electron chi connectivity index (χ3n) is 6.15. The van der Waals surface area contributed by atoms with Gasteiger partial charge in [-0.25, -0.2) is 9.78 Å². The summed E-state index contributed by atoms with van der Waals surface area (Å²) in [6, 6.07) is 13.8. The van der Waals surface area contributed by atoms with Crippen molar-refractivity contribution in [3.05, 3.63) is 64.8 Å². The van der Waals surface area contributed by atoms with E-state index >= 15 is 0 Å². The second kappa shape index (κ2) is 15.2. The molecule has 9 nitrogen and oxygen atoms in total. The first-order chi connectivity index (χ1) is 17.1. The van der Waals surface area contributed by atoms with Crippen molar-refractivity contribution in [1.29, 1.82) is 0 Å². The quantitative estimate of drug-likeness (QED) is 0.286. The van der Waals surface area contributed by atoms with E-state index in [-0.39, 0.29) is 43.3 Å². The van der Waals surface area contributed by atoms with E-state index in [1.54, 1.807) is 6.20 Å². The molecule has 2 aromatic carbocycles. The summed E-state index contributed by atoms with van der Waals surface area (Å²) in [6.07, 6.45) is 3.15. The van der Waals surface area contributed by atoms with Gasteiger partial charge in [-0.15, -0.1) is 37.2 Å². The van der Waals surface area contributed by atoms with Crippen molar-refractivity contribution < 1.29 is 4.79 Å². The predicted octanol–water partition coefficient (Wildman–Crippen LogP) is 5.01. The van der Waals surface area contributed by atoms with E-state index in [1.807, 2.05) is 30.3 Å². The number of halogens is 4. The molecule has 0 spiro atoms. The Morgan fingerprint density at radius 3 is 2.61 bits per heavy atom. The Labute approximate surface area is 246 Å². The van der Waals surface area contributed by atoms with Gasteiger partial charge in [0, 0.05) is 56.3 Å². The maximum atomic E-state index is 12.6. The van der Waals surface area contributed by atoms with Gasteiger partial charge in [-0.2, -0.15) is 4.98 Å².